The first-order valence-corrected chi connectivity index (χ1v) is 12.6. The molecular formula is C31H33F2NO4. The van der Waals surface area contributed by atoms with Crippen molar-refractivity contribution in [1.29, 1.82) is 0 Å². The second-order valence-electron chi connectivity index (χ2n) is 10.5. The molecule has 4 rings (SSSR count). The zero-order chi connectivity index (χ0) is 27.8. The van der Waals surface area contributed by atoms with Gasteiger partial charge in [0.15, 0.2) is 6.10 Å². The second-order valence-corrected chi connectivity index (χ2v) is 10.5. The van der Waals surface area contributed by atoms with E-state index in [-0.39, 0.29) is 5.56 Å². The monoisotopic (exact) mass is 521 g/mol. The lowest BCUT2D eigenvalue weighted by Gasteiger charge is -2.29. The van der Waals surface area contributed by atoms with Gasteiger partial charge in [-0.3, -0.25) is 4.99 Å². The van der Waals surface area contributed by atoms with Crippen molar-refractivity contribution in [1.82, 2.24) is 0 Å². The van der Waals surface area contributed by atoms with Crippen molar-refractivity contribution in [2.24, 2.45) is 4.99 Å². The van der Waals surface area contributed by atoms with Gasteiger partial charge in [-0.1, -0.05) is 24.3 Å². The summed E-state index contributed by atoms with van der Waals surface area (Å²) in [6.07, 6.45) is 0.350. The van der Waals surface area contributed by atoms with Gasteiger partial charge in [-0.05, 0) is 91.4 Å². The van der Waals surface area contributed by atoms with Crippen LogP contribution in [-0.2, 0) is 9.53 Å². The molecule has 0 unspecified atom stereocenters. The van der Waals surface area contributed by atoms with Gasteiger partial charge in [0.25, 0.3) is 6.43 Å². The summed E-state index contributed by atoms with van der Waals surface area (Å²) in [5.41, 5.74) is 3.84. The fourth-order valence-electron chi connectivity index (χ4n) is 5.09. The summed E-state index contributed by atoms with van der Waals surface area (Å²) in [5, 5.41) is 11.2. The van der Waals surface area contributed by atoms with Crippen molar-refractivity contribution < 1.29 is 28.2 Å². The van der Waals surface area contributed by atoms with Crippen LogP contribution in [0.2, 0.25) is 0 Å². The molecule has 1 N–H and O–H groups in total. The van der Waals surface area contributed by atoms with E-state index in [9.17, 15) is 18.7 Å². The van der Waals surface area contributed by atoms with E-state index in [1.807, 2.05) is 24.3 Å². The smallest absolute Gasteiger partial charge is 0.337 e. The van der Waals surface area contributed by atoms with Gasteiger partial charge >= 0.3 is 5.97 Å². The molecule has 0 bridgehead atoms. The number of alkyl halides is 2. The molecule has 0 spiro atoms. The number of aryl methyl sites for hydroxylation is 2. The van der Waals surface area contributed by atoms with Crippen LogP contribution in [0.1, 0.15) is 67.5 Å². The summed E-state index contributed by atoms with van der Waals surface area (Å²) >= 11 is 0. The Morgan fingerprint density at radius 2 is 1.82 bits per heavy atom. The van der Waals surface area contributed by atoms with Crippen molar-refractivity contribution in [2.75, 3.05) is 13.7 Å². The van der Waals surface area contributed by atoms with Crippen LogP contribution < -0.4 is 4.74 Å². The van der Waals surface area contributed by atoms with E-state index in [0.717, 1.165) is 11.1 Å². The number of hydrogen-bond donors (Lipinski definition) is 1. The summed E-state index contributed by atoms with van der Waals surface area (Å²) in [7, 11) is 1.70. The second kappa shape index (κ2) is 10.7. The number of aliphatic imine (C=N–C) groups is 1. The lowest BCUT2D eigenvalue weighted by Crippen LogP contribution is -2.28. The third-order valence-corrected chi connectivity index (χ3v) is 6.67. The molecule has 38 heavy (non-hydrogen) atoms. The molecule has 200 valence electrons. The molecule has 0 amide bonds. The number of nitrogens with zero attached hydrogens (tertiary/aromatic N) is 1. The van der Waals surface area contributed by atoms with Crippen LogP contribution in [0.25, 0.3) is 27.5 Å². The number of carboxylic acids is 1. The van der Waals surface area contributed by atoms with Crippen LogP contribution in [0.5, 0.6) is 5.75 Å². The Balaban J connectivity index is 2.12. The van der Waals surface area contributed by atoms with Crippen molar-refractivity contribution in [3.8, 4) is 16.9 Å². The zero-order valence-electron chi connectivity index (χ0n) is 22.6. The third-order valence-electron chi connectivity index (χ3n) is 6.67. The van der Waals surface area contributed by atoms with Crippen LogP contribution in [0.15, 0.2) is 47.5 Å². The van der Waals surface area contributed by atoms with Crippen LogP contribution in [-0.4, -0.2) is 36.5 Å². The molecular weight excluding hydrogens is 488 g/mol. The molecule has 5 nitrogen and oxygen atoms in total. The molecule has 3 aromatic carbocycles. The summed E-state index contributed by atoms with van der Waals surface area (Å²) < 4.78 is 40.5. The Bertz CT molecular complexity index is 1450. The van der Waals surface area contributed by atoms with Gasteiger partial charge in [0.1, 0.15) is 5.75 Å². The number of fused-ring (bicyclic) bond motifs is 2. The molecule has 0 aromatic heterocycles. The maximum Gasteiger partial charge on any atom is 0.337 e. The van der Waals surface area contributed by atoms with Gasteiger partial charge in [-0.15, -0.1) is 0 Å². The van der Waals surface area contributed by atoms with Gasteiger partial charge in [-0.25, -0.2) is 13.6 Å². The highest BCUT2D eigenvalue weighted by Gasteiger charge is 2.32. The molecule has 0 saturated heterocycles. The zero-order valence-corrected chi connectivity index (χ0v) is 22.6. The Labute approximate surface area is 221 Å². The molecule has 0 aliphatic carbocycles. The Morgan fingerprint density at radius 3 is 2.45 bits per heavy atom. The van der Waals surface area contributed by atoms with Gasteiger partial charge in [-0.2, -0.15) is 0 Å². The number of allylic oxidation sites excluding steroid dienone is 1. The fraction of sp³-hybridized carbons (Fsp3) is 0.355. The topological polar surface area (TPSA) is 68.1 Å². The first-order chi connectivity index (χ1) is 17.9. The highest BCUT2D eigenvalue weighted by molar-refractivity contribution is 6.03. The standard InChI is InChI=1S/C31H33F2NO4/c1-17-7-9-21-23(25(17)29(32)33)15-18(2)26(28(30(35)36)38-31(3,4)5)27(21)20-8-10-24-22(16-20)19(11-13-34-6)12-14-37-24/h7-11,13,15-16,28-29H,12,14H2,1-6H3,(H,35,36)/b19-11-,34-13-/t28-/m0/s1. The lowest BCUT2D eigenvalue weighted by atomic mass is 9.84. The van der Waals surface area contributed by atoms with E-state index in [1.54, 1.807) is 66.1 Å². The number of hydrogen-bond acceptors (Lipinski definition) is 4. The predicted molar refractivity (Wildman–Crippen MR) is 148 cm³/mol. The first-order valence-electron chi connectivity index (χ1n) is 12.6. The number of benzene rings is 3. The average Bonchev–Trinajstić information content (AvgIpc) is 2.84. The normalized spacial score (nSPS) is 15.8. The van der Waals surface area contributed by atoms with Crippen molar-refractivity contribution >= 4 is 28.5 Å². The van der Waals surface area contributed by atoms with E-state index in [4.69, 9.17) is 9.47 Å². The quantitative estimate of drug-likeness (QED) is 0.335. The highest BCUT2D eigenvalue weighted by Crippen LogP contribution is 2.45. The van der Waals surface area contributed by atoms with E-state index < -0.39 is 24.1 Å². The summed E-state index contributed by atoms with van der Waals surface area (Å²) in [6.45, 7) is 9.32. The van der Waals surface area contributed by atoms with E-state index in [0.29, 0.717) is 57.4 Å². The van der Waals surface area contributed by atoms with Crippen molar-refractivity contribution in [3.63, 3.8) is 0 Å². The Morgan fingerprint density at radius 1 is 1.08 bits per heavy atom. The summed E-state index contributed by atoms with van der Waals surface area (Å²) in [4.78, 5) is 16.7. The van der Waals surface area contributed by atoms with Crippen LogP contribution >= 0.6 is 0 Å². The van der Waals surface area contributed by atoms with Crippen molar-refractivity contribution in [3.05, 3.63) is 70.3 Å². The van der Waals surface area contributed by atoms with Gasteiger partial charge in [0.2, 0.25) is 0 Å². The number of aliphatic carboxylic acids is 1. The minimum atomic E-state index is -2.68. The van der Waals surface area contributed by atoms with Gasteiger partial charge in [0, 0.05) is 36.4 Å². The molecule has 7 heteroatoms. The summed E-state index contributed by atoms with van der Waals surface area (Å²) in [5.74, 6) is -0.440. The molecule has 3 aromatic rings. The molecule has 1 heterocycles. The summed E-state index contributed by atoms with van der Waals surface area (Å²) in [6, 6.07) is 10.8. The van der Waals surface area contributed by atoms with E-state index in [2.05, 4.69) is 4.99 Å². The number of halogens is 2. The lowest BCUT2D eigenvalue weighted by molar-refractivity contribution is -0.160. The maximum absolute atomic E-state index is 14.3. The molecule has 1 atom stereocenters. The first kappa shape index (κ1) is 27.5. The number of rotatable bonds is 6. The SMILES string of the molecule is C/N=C\C=C1\CCOc2ccc(-c3c([C@H](OC(C)(C)C)C(=O)O)c(C)cc4c(C(F)F)c(C)ccc34)cc21. The van der Waals surface area contributed by atoms with E-state index >= 15 is 0 Å². The third kappa shape index (κ3) is 5.34. The van der Waals surface area contributed by atoms with Crippen LogP contribution in [0.4, 0.5) is 8.78 Å². The van der Waals surface area contributed by atoms with E-state index in [1.165, 1.54) is 0 Å². The van der Waals surface area contributed by atoms with Crippen molar-refractivity contribution in [2.45, 2.75) is 59.2 Å². The van der Waals surface area contributed by atoms with Crippen LogP contribution in [0, 0.1) is 13.8 Å². The molecule has 0 radical (unpaired) electrons. The molecule has 1 aliphatic rings. The number of carbonyl (C=O) groups is 1. The average molecular weight is 522 g/mol. The minimum Gasteiger partial charge on any atom is -0.493 e. The number of carboxylic acid groups (broad SMARTS) is 1. The maximum atomic E-state index is 14.3. The van der Waals surface area contributed by atoms with Crippen LogP contribution in [0.3, 0.4) is 0 Å². The fourth-order valence-corrected chi connectivity index (χ4v) is 5.09. The predicted octanol–water partition coefficient (Wildman–Crippen LogP) is 7.87. The van der Waals surface area contributed by atoms with Gasteiger partial charge in [0.05, 0.1) is 12.2 Å². The largest absolute Gasteiger partial charge is 0.493 e. The molecule has 1 aliphatic heterocycles. The molecule has 0 fully saturated rings. The Hall–Kier alpha value is -3.58. The number of ether oxygens (including phenoxy) is 2. The molecule has 0 saturated carbocycles. The highest BCUT2D eigenvalue weighted by atomic mass is 19.3. The minimum absolute atomic E-state index is 0.0527. The van der Waals surface area contributed by atoms with Gasteiger partial charge < -0.3 is 14.6 Å². The Kier molecular flexibility index (Phi) is 7.70.